The van der Waals surface area contributed by atoms with E-state index in [-0.39, 0.29) is 5.56 Å². The maximum absolute atomic E-state index is 12.1. The third kappa shape index (κ3) is 1.96. The zero-order valence-corrected chi connectivity index (χ0v) is 10.3. The molecular formula is C12H9N3O2S. The smallest absolute Gasteiger partial charge is 0.300 e. The summed E-state index contributed by atoms with van der Waals surface area (Å²) < 4.78 is 0.957. The van der Waals surface area contributed by atoms with E-state index in [2.05, 4.69) is 4.98 Å². The summed E-state index contributed by atoms with van der Waals surface area (Å²) in [6.07, 6.45) is 1.69. The third-order valence-corrected chi connectivity index (χ3v) is 3.11. The highest BCUT2D eigenvalue weighted by Crippen LogP contribution is 2.12. The van der Waals surface area contributed by atoms with Crippen LogP contribution in [0.4, 0.5) is 0 Å². The number of benzene rings is 1. The molecule has 1 aromatic heterocycles. The van der Waals surface area contributed by atoms with Crippen LogP contribution < -0.4 is 11.2 Å². The van der Waals surface area contributed by atoms with Gasteiger partial charge in [0, 0.05) is 0 Å². The third-order valence-electron chi connectivity index (χ3n) is 2.40. The fraction of sp³-hybridized carbons (Fsp3) is 0.0833. The molecule has 90 valence electrons. The van der Waals surface area contributed by atoms with Crippen LogP contribution in [-0.4, -0.2) is 15.8 Å². The van der Waals surface area contributed by atoms with E-state index < -0.39 is 11.2 Å². The predicted octanol–water partition coefficient (Wildman–Crippen LogP) is 1.12. The number of aromatic amines is 1. The van der Waals surface area contributed by atoms with Crippen molar-refractivity contribution in [2.45, 2.75) is 5.03 Å². The van der Waals surface area contributed by atoms with Crippen LogP contribution in [0.1, 0.15) is 5.56 Å². The van der Waals surface area contributed by atoms with Crippen molar-refractivity contribution in [3.63, 3.8) is 0 Å². The van der Waals surface area contributed by atoms with Crippen LogP contribution in [0.15, 0.2) is 44.9 Å². The lowest BCUT2D eigenvalue weighted by Gasteiger charge is -2.06. The molecule has 0 aliphatic heterocycles. The average molecular weight is 259 g/mol. The second-order valence-corrected chi connectivity index (χ2v) is 4.24. The number of nitrogens with one attached hydrogen (secondary N) is 1. The Morgan fingerprint density at radius 3 is 2.50 bits per heavy atom. The van der Waals surface area contributed by atoms with E-state index in [1.165, 1.54) is 0 Å². The number of hydrogen-bond donors (Lipinski definition) is 1. The molecule has 0 aliphatic rings. The minimum Gasteiger partial charge on any atom is -0.300 e. The first-order chi connectivity index (χ1) is 8.69. The summed E-state index contributed by atoms with van der Waals surface area (Å²) in [5.74, 6) is 0. The maximum Gasteiger partial charge on any atom is 0.333 e. The molecule has 0 unspecified atom stereocenters. The summed E-state index contributed by atoms with van der Waals surface area (Å²) in [5.41, 5.74) is -0.759. The van der Waals surface area contributed by atoms with E-state index >= 15 is 0 Å². The van der Waals surface area contributed by atoms with E-state index in [4.69, 9.17) is 5.26 Å². The van der Waals surface area contributed by atoms with Crippen molar-refractivity contribution < 1.29 is 0 Å². The number of nitriles is 1. The van der Waals surface area contributed by atoms with E-state index in [0.717, 1.165) is 16.3 Å². The molecule has 1 aromatic carbocycles. The first kappa shape index (κ1) is 12.2. The zero-order chi connectivity index (χ0) is 13.1. The highest BCUT2D eigenvalue weighted by molar-refractivity contribution is 7.98. The van der Waals surface area contributed by atoms with Crippen LogP contribution >= 0.6 is 11.8 Å². The van der Waals surface area contributed by atoms with Gasteiger partial charge in [-0.05, 0) is 18.4 Å². The first-order valence-corrected chi connectivity index (χ1v) is 6.30. The van der Waals surface area contributed by atoms with Gasteiger partial charge < -0.3 is 4.98 Å². The SMILES string of the molecule is CSc1[nH]c(=O)n(-c2ccccc2)c(=O)c1C#N. The summed E-state index contributed by atoms with van der Waals surface area (Å²) in [6.45, 7) is 0. The van der Waals surface area contributed by atoms with Crippen molar-refractivity contribution in [2.24, 2.45) is 0 Å². The van der Waals surface area contributed by atoms with Crippen LogP contribution in [0.2, 0.25) is 0 Å². The first-order valence-electron chi connectivity index (χ1n) is 5.08. The van der Waals surface area contributed by atoms with Gasteiger partial charge in [0.15, 0.2) is 0 Å². The molecule has 6 heteroatoms. The number of H-pyrrole nitrogens is 1. The summed E-state index contributed by atoms with van der Waals surface area (Å²) >= 11 is 1.16. The Balaban J connectivity index is 2.83. The van der Waals surface area contributed by atoms with Gasteiger partial charge in [0.2, 0.25) is 0 Å². The summed E-state index contributed by atoms with van der Waals surface area (Å²) in [5, 5.41) is 9.29. The number of nitrogens with zero attached hydrogens (tertiary/aromatic N) is 2. The summed E-state index contributed by atoms with van der Waals surface area (Å²) in [7, 11) is 0. The Kier molecular flexibility index (Phi) is 3.35. The summed E-state index contributed by atoms with van der Waals surface area (Å²) in [6, 6.07) is 10.3. The molecule has 0 fully saturated rings. The van der Waals surface area contributed by atoms with Crippen molar-refractivity contribution in [1.29, 1.82) is 5.26 Å². The average Bonchev–Trinajstić information content (AvgIpc) is 2.39. The molecule has 1 N–H and O–H groups in total. The molecule has 18 heavy (non-hydrogen) atoms. The molecule has 0 spiro atoms. The monoisotopic (exact) mass is 259 g/mol. The topological polar surface area (TPSA) is 78.7 Å². The number of hydrogen-bond acceptors (Lipinski definition) is 4. The van der Waals surface area contributed by atoms with Gasteiger partial charge in [0.1, 0.15) is 11.6 Å². The molecule has 0 saturated carbocycles. The Hall–Kier alpha value is -2.26. The van der Waals surface area contributed by atoms with E-state index in [0.29, 0.717) is 10.7 Å². The lowest BCUT2D eigenvalue weighted by molar-refractivity contribution is 0.824. The molecule has 2 aromatic rings. The van der Waals surface area contributed by atoms with Crippen LogP contribution in [0.25, 0.3) is 5.69 Å². The van der Waals surface area contributed by atoms with Crippen molar-refractivity contribution in [2.75, 3.05) is 6.26 Å². The van der Waals surface area contributed by atoms with Gasteiger partial charge in [0.05, 0.1) is 10.7 Å². The van der Waals surface area contributed by atoms with Crippen LogP contribution in [0, 0.1) is 11.3 Å². The van der Waals surface area contributed by atoms with Gasteiger partial charge >= 0.3 is 5.69 Å². The molecule has 0 radical (unpaired) electrons. The highest BCUT2D eigenvalue weighted by atomic mass is 32.2. The molecule has 0 atom stereocenters. The van der Waals surface area contributed by atoms with E-state index in [1.807, 2.05) is 6.07 Å². The molecule has 0 aliphatic carbocycles. The van der Waals surface area contributed by atoms with Gasteiger partial charge in [0.25, 0.3) is 5.56 Å². The van der Waals surface area contributed by atoms with E-state index in [9.17, 15) is 9.59 Å². The lowest BCUT2D eigenvalue weighted by atomic mass is 10.3. The van der Waals surface area contributed by atoms with Gasteiger partial charge in [-0.1, -0.05) is 18.2 Å². The standard InChI is InChI=1S/C12H9N3O2S/c1-18-10-9(7-13)11(16)15(12(17)14-10)8-5-3-2-4-6-8/h2-6H,1H3,(H,14,17). The van der Waals surface area contributed by atoms with Crippen molar-refractivity contribution in [1.82, 2.24) is 9.55 Å². The van der Waals surface area contributed by atoms with Gasteiger partial charge in [-0.25, -0.2) is 9.36 Å². The second-order valence-electron chi connectivity index (χ2n) is 3.43. The number of para-hydroxylation sites is 1. The van der Waals surface area contributed by atoms with Crippen LogP contribution in [0.3, 0.4) is 0 Å². The van der Waals surface area contributed by atoms with Crippen LogP contribution in [-0.2, 0) is 0 Å². The highest BCUT2D eigenvalue weighted by Gasteiger charge is 2.13. The quantitative estimate of drug-likeness (QED) is 0.647. The minimum absolute atomic E-state index is 0.0500. The fourth-order valence-electron chi connectivity index (χ4n) is 1.58. The number of thioether (sulfide) groups is 1. The molecule has 2 rings (SSSR count). The van der Waals surface area contributed by atoms with Crippen LogP contribution in [0.5, 0.6) is 0 Å². The molecule has 5 nitrogen and oxygen atoms in total. The van der Waals surface area contributed by atoms with Crippen molar-refractivity contribution in [3.05, 3.63) is 56.7 Å². The molecule has 1 heterocycles. The predicted molar refractivity (Wildman–Crippen MR) is 69.2 cm³/mol. The van der Waals surface area contributed by atoms with Gasteiger partial charge in [-0.2, -0.15) is 5.26 Å². The van der Waals surface area contributed by atoms with E-state index in [1.54, 1.807) is 36.6 Å². The minimum atomic E-state index is -0.600. The van der Waals surface area contributed by atoms with Crippen molar-refractivity contribution >= 4 is 11.8 Å². The lowest BCUT2D eigenvalue weighted by Crippen LogP contribution is -2.35. The molecule has 0 saturated heterocycles. The number of aromatic nitrogens is 2. The maximum atomic E-state index is 12.1. The Morgan fingerprint density at radius 2 is 1.94 bits per heavy atom. The molecule has 0 amide bonds. The number of rotatable bonds is 2. The Morgan fingerprint density at radius 1 is 1.28 bits per heavy atom. The zero-order valence-electron chi connectivity index (χ0n) is 9.51. The summed E-state index contributed by atoms with van der Waals surface area (Å²) in [4.78, 5) is 26.5. The van der Waals surface area contributed by atoms with Gasteiger partial charge in [-0.15, -0.1) is 11.8 Å². The largest absolute Gasteiger partial charge is 0.333 e. The Bertz CT molecular complexity index is 726. The Labute approximate surface area is 107 Å². The molecule has 0 bridgehead atoms. The fourth-order valence-corrected chi connectivity index (χ4v) is 2.11. The normalized spacial score (nSPS) is 10.0. The second kappa shape index (κ2) is 4.94. The van der Waals surface area contributed by atoms with Gasteiger partial charge in [-0.3, -0.25) is 4.79 Å². The molecular weight excluding hydrogens is 250 g/mol. The van der Waals surface area contributed by atoms with Crippen molar-refractivity contribution in [3.8, 4) is 11.8 Å².